The van der Waals surface area contributed by atoms with Crippen LogP contribution in [0.25, 0.3) is 0 Å². The smallest absolute Gasteiger partial charge is 0.320 e. The summed E-state index contributed by atoms with van der Waals surface area (Å²) >= 11 is 0. The van der Waals surface area contributed by atoms with E-state index in [2.05, 4.69) is 20.3 Å². The molecule has 2 aliphatic rings. The minimum absolute atomic E-state index is 0.0407. The van der Waals surface area contributed by atoms with Gasteiger partial charge in [-0.15, -0.1) is 23.4 Å². The first kappa shape index (κ1) is 28.1. The number of nitrogens with one attached hydrogen (secondary N) is 1. The van der Waals surface area contributed by atoms with E-state index in [1.807, 2.05) is 6.92 Å². The zero-order chi connectivity index (χ0) is 28.9. The first-order chi connectivity index (χ1) is 18.7. The maximum atomic E-state index is 14.1. The van der Waals surface area contributed by atoms with E-state index in [-0.39, 0.29) is 41.3 Å². The van der Waals surface area contributed by atoms with Crippen molar-refractivity contribution < 1.29 is 35.9 Å². The lowest BCUT2D eigenvalue weighted by atomic mass is 9.78. The Labute approximate surface area is 226 Å². The van der Waals surface area contributed by atoms with Crippen LogP contribution in [0.2, 0.25) is 0 Å². The Kier molecular flexibility index (Phi) is 7.15. The van der Waals surface area contributed by atoms with Gasteiger partial charge in [0.1, 0.15) is 12.2 Å². The van der Waals surface area contributed by atoms with E-state index < -0.39 is 36.5 Å². The van der Waals surface area contributed by atoms with E-state index in [1.54, 1.807) is 13.1 Å². The maximum absolute atomic E-state index is 14.1. The van der Waals surface area contributed by atoms with Crippen LogP contribution in [0.1, 0.15) is 70.5 Å². The molecular weight excluding hydrogens is 540 g/mol. The molecule has 1 N–H and O–H groups in total. The first-order valence-corrected chi connectivity index (χ1v) is 12.7. The maximum Gasteiger partial charge on any atom is 0.522 e. The molecule has 2 heterocycles. The molecule has 1 fully saturated rings. The lowest BCUT2D eigenvalue weighted by molar-refractivity contribution is -0.325. The Morgan fingerprint density at radius 2 is 1.88 bits per heavy atom. The van der Waals surface area contributed by atoms with Crippen LogP contribution >= 0.6 is 0 Å². The molecule has 0 bridgehead atoms. The number of carbonyl (C=O) groups is 1. The molecule has 1 unspecified atom stereocenters. The molecule has 214 valence electrons. The molecular formula is C27H27F6N5O2. The highest BCUT2D eigenvalue weighted by Crippen LogP contribution is 2.40. The third-order valence-corrected chi connectivity index (χ3v) is 7.64. The van der Waals surface area contributed by atoms with Crippen molar-refractivity contribution in [2.24, 2.45) is 7.05 Å². The number of anilines is 1. The van der Waals surface area contributed by atoms with Crippen LogP contribution in [-0.2, 0) is 31.1 Å². The monoisotopic (exact) mass is 567 g/mol. The molecule has 1 aliphatic heterocycles. The predicted octanol–water partition coefficient (Wildman–Crippen LogP) is 5.69. The topological polar surface area (TPSA) is 72.3 Å². The van der Waals surface area contributed by atoms with Gasteiger partial charge in [0.15, 0.2) is 0 Å². The number of benzene rings is 2. The second kappa shape index (κ2) is 10.2. The molecule has 3 aromatic rings. The highest BCUT2D eigenvalue weighted by atomic mass is 19.4. The van der Waals surface area contributed by atoms with Gasteiger partial charge >= 0.3 is 12.5 Å². The fourth-order valence-electron chi connectivity index (χ4n) is 5.25. The summed E-state index contributed by atoms with van der Waals surface area (Å²) in [6, 6.07) is 8.64. The zero-order valence-corrected chi connectivity index (χ0v) is 21.7. The minimum atomic E-state index is -4.89. The van der Waals surface area contributed by atoms with Gasteiger partial charge in [-0.05, 0) is 67.1 Å². The van der Waals surface area contributed by atoms with Gasteiger partial charge in [0, 0.05) is 30.4 Å². The molecule has 1 saturated carbocycles. The molecule has 1 aliphatic carbocycles. The van der Waals surface area contributed by atoms with E-state index in [0.717, 1.165) is 25.3 Å². The van der Waals surface area contributed by atoms with Crippen LogP contribution in [-0.4, -0.2) is 39.2 Å². The van der Waals surface area contributed by atoms with E-state index in [4.69, 9.17) is 0 Å². The molecule has 1 aromatic heterocycles. The normalized spacial score (nSPS) is 17.6. The van der Waals surface area contributed by atoms with E-state index in [1.165, 1.54) is 40.1 Å². The average Bonchev–Trinajstić information content (AvgIpc) is 3.43. The van der Waals surface area contributed by atoms with Crippen molar-refractivity contribution in [3.8, 4) is 0 Å². The van der Waals surface area contributed by atoms with Gasteiger partial charge in [0.2, 0.25) is 0 Å². The number of nitrogens with zero attached hydrogens (tertiary/aromatic N) is 4. The van der Waals surface area contributed by atoms with E-state index in [0.29, 0.717) is 11.1 Å². The fraction of sp³-hybridized carbons (Fsp3) is 0.444. The number of hydrogen-bond donors (Lipinski definition) is 1. The Bertz CT molecular complexity index is 1410. The van der Waals surface area contributed by atoms with Crippen LogP contribution in [0.15, 0.2) is 42.7 Å². The van der Waals surface area contributed by atoms with Crippen molar-refractivity contribution in [3.63, 3.8) is 0 Å². The minimum Gasteiger partial charge on any atom is -0.320 e. The molecule has 40 heavy (non-hydrogen) atoms. The van der Waals surface area contributed by atoms with Crippen molar-refractivity contribution in [2.45, 2.75) is 63.3 Å². The van der Waals surface area contributed by atoms with Crippen LogP contribution < -0.4 is 10.2 Å². The van der Waals surface area contributed by atoms with Gasteiger partial charge in [-0.3, -0.25) is 9.53 Å². The van der Waals surface area contributed by atoms with Gasteiger partial charge < -0.3 is 14.8 Å². The average molecular weight is 568 g/mol. The number of aryl methyl sites for hydroxylation is 1. The number of halogens is 6. The van der Waals surface area contributed by atoms with Crippen molar-refractivity contribution in [3.05, 3.63) is 76.4 Å². The Morgan fingerprint density at radius 1 is 1.12 bits per heavy atom. The number of rotatable bonds is 8. The fourth-order valence-corrected chi connectivity index (χ4v) is 5.25. The van der Waals surface area contributed by atoms with Gasteiger partial charge in [0.25, 0.3) is 5.91 Å². The third kappa shape index (κ3) is 5.71. The van der Waals surface area contributed by atoms with Crippen molar-refractivity contribution in [1.29, 1.82) is 0 Å². The van der Waals surface area contributed by atoms with Crippen molar-refractivity contribution in [2.75, 3.05) is 11.5 Å². The predicted molar refractivity (Wildman–Crippen MR) is 132 cm³/mol. The number of aromatic nitrogens is 3. The summed E-state index contributed by atoms with van der Waals surface area (Å²) in [5, 5.41) is 10.9. The SMILES string of the molecule is Cn1cnnc1C(COC(F)(F)F)c1cccc(N2Cc3c(cc(CNC4(C)CCC4)cc3C(F)(F)F)C2=O)c1. The molecule has 1 amide bonds. The Hall–Kier alpha value is -3.45. The highest BCUT2D eigenvalue weighted by Gasteiger charge is 2.41. The van der Waals surface area contributed by atoms with Gasteiger partial charge in [-0.1, -0.05) is 12.1 Å². The summed E-state index contributed by atoms with van der Waals surface area (Å²) in [6.07, 6.45) is -5.33. The van der Waals surface area contributed by atoms with E-state index >= 15 is 0 Å². The summed E-state index contributed by atoms with van der Waals surface area (Å²) in [5.74, 6) is -1.43. The van der Waals surface area contributed by atoms with Crippen molar-refractivity contribution in [1.82, 2.24) is 20.1 Å². The number of fused-ring (bicyclic) bond motifs is 1. The lowest BCUT2D eigenvalue weighted by Gasteiger charge is -2.39. The quantitative estimate of drug-likeness (QED) is 0.354. The number of amides is 1. The summed E-state index contributed by atoms with van der Waals surface area (Å²) < 4.78 is 86.6. The first-order valence-electron chi connectivity index (χ1n) is 12.7. The second-order valence-corrected chi connectivity index (χ2v) is 10.5. The van der Waals surface area contributed by atoms with Gasteiger partial charge in [0.05, 0.1) is 24.6 Å². The Morgan fingerprint density at radius 3 is 2.48 bits per heavy atom. The van der Waals surface area contributed by atoms with Crippen molar-refractivity contribution >= 4 is 11.6 Å². The molecule has 2 aromatic carbocycles. The van der Waals surface area contributed by atoms with Crippen LogP contribution in [0.5, 0.6) is 0 Å². The van der Waals surface area contributed by atoms with Crippen LogP contribution in [0.3, 0.4) is 0 Å². The van der Waals surface area contributed by atoms with Crippen LogP contribution in [0, 0.1) is 0 Å². The molecule has 13 heteroatoms. The summed E-state index contributed by atoms with van der Waals surface area (Å²) in [5.41, 5.74) is -0.252. The molecule has 1 atom stereocenters. The van der Waals surface area contributed by atoms with Gasteiger partial charge in [-0.2, -0.15) is 13.2 Å². The third-order valence-electron chi connectivity index (χ3n) is 7.64. The molecule has 5 rings (SSSR count). The highest BCUT2D eigenvalue weighted by molar-refractivity contribution is 6.10. The summed E-state index contributed by atoms with van der Waals surface area (Å²) in [7, 11) is 1.57. The van der Waals surface area contributed by atoms with Crippen LogP contribution in [0.4, 0.5) is 32.0 Å². The number of hydrogen-bond acceptors (Lipinski definition) is 5. The number of carbonyl (C=O) groups excluding carboxylic acids is 1. The zero-order valence-electron chi connectivity index (χ0n) is 21.7. The second-order valence-electron chi connectivity index (χ2n) is 10.5. The molecule has 0 radical (unpaired) electrons. The lowest BCUT2D eigenvalue weighted by Crippen LogP contribution is -2.47. The molecule has 0 saturated heterocycles. The number of ether oxygens (including phenoxy) is 1. The molecule has 0 spiro atoms. The summed E-state index contributed by atoms with van der Waals surface area (Å²) in [6.45, 7) is 1.07. The largest absolute Gasteiger partial charge is 0.522 e. The standard InChI is InChI=1S/C27H27F6N5O2/c1-25(7-4-8-25)34-12-16-9-19-20(22(10-16)26(28,29)30)13-38(24(19)39)18-6-3-5-17(11-18)21(14-40-27(31,32)33)23-36-35-15-37(23)2/h3,5-6,9-11,15,21,34H,4,7-8,12-14H2,1-2H3. The molecule has 7 nitrogen and oxygen atoms in total. The van der Waals surface area contributed by atoms with Gasteiger partial charge in [-0.25, -0.2) is 0 Å². The van der Waals surface area contributed by atoms with E-state index in [9.17, 15) is 31.1 Å². The Balaban J connectivity index is 1.47. The summed E-state index contributed by atoms with van der Waals surface area (Å²) in [4.78, 5) is 14.7. The number of alkyl halides is 6.